The Morgan fingerprint density at radius 2 is 1.33 bits per heavy atom. The van der Waals surface area contributed by atoms with Crippen LogP contribution in [0.1, 0.15) is 27.7 Å². The van der Waals surface area contributed by atoms with Crippen LogP contribution in [-0.4, -0.2) is 5.21 Å². The second-order valence-corrected chi connectivity index (χ2v) is 1.48. The molecule has 2 N–H and O–H groups in total. The van der Waals surface area contributed by atoms with E-state index >= 15 is 0 Å². The van der Waals surface area contributed by atoms with Gasteiger partial charge in [-0.15, -0.1) is 0 Å². The molecule has 0 fully saturated rings. The van der Waals surface area contributed by atoms with Crippen molar-refractivity contribution in [2.75, 3.05) is 5.48 Å². The molecule has 0 unspecified atom stereocenters. The first-order chi connectivity index (χ1) is 5.93. The molecule has 1 aromatic rings. The summed E-state index contributed by atoms with van der Waals surface area (Å²) < 4.78 is 0. The lowest BCUT2D eigenvalue weighted by Gasteiger charge is -1.92. The summed E-state index contributed by atoms with van der Waals surface area (Å²) >= 11 is 0. The van der Waals surface area contributed by atoms with Crippen molar-refractivity contribution in [1.82, 2.24) is 0 Å². The fourth-order valence-electron chi connectivity index (χ4n) is 0.513. The SMILES string of the molecule is CC.CC.ONc1ccccc1. The van der Waals surface area contributed by atoms with Gasteiger partial charge in [0.1, 0.15) is 0 Å². The predicted octanol–water partition coefficient (Wildman–Crippen LogP) is 3.54. The minimum atomic E-state index is 0.715. The Bertz CT molecular complexity index is 151. The Labute approximate surface area is 75.2 Å². The van der Waals surface area contributed by atoms with Gasteiger partial charge in [0, 0.05) is 0 Å². The Kier molecular flexibility index (Phi) is 14.3. The van der Waals surface area contributed by atoms with Gasteiger partial charge >= 0.3 is 0 Å². The summed E-state index contributed by atoms with van der Waals surface area (Å²) in [6.07, 6.45) is 0. The summed E-state index contributed by atoms with van der Waals surface area (Å²) in [5.41, 5.74) is 2.74. The third-order valence-electron chi connectivity index (χ3n) is 0.903. The molecule has 0 radical (unpaired) electrons. The van der Waals surface area contributed by atoms with Crippen molar-refractivity contribution in [3.05, 3.63) is 30.3 Å². The van der Waals surface area contributed by atoms with Gasteiger partial charge < -0.3 is 0 Å². The fourth-order valence-corrected chi connectivity index (χ4v) is 0.513. The molecule has 0 saturated heterocycles. The highest BCUT2D eigenvalue weighted by Crippen LogP contribution is 2.01. The van der Waals surface area contributed by atoms with Gasteiger partial charge in [-0.2, -0.15) is 0 Å². The molecule has 0 aliphatic rings. The molecule has 1 aromatic carbocycles. The quantitative estimate of drug-likeness (QED) is 0.630. The Morgan fingerprint density at radius 1 is 0.917 bits per heavy atom. The van der Waals surface area contributed by atoms with E-state index in [1.54, 1.807) is 12.1 Å². The first kappa shape index (κ1) is 13.6. The first-order valence-electron chi connectivity index (χ1n) is 4.38. The maximum absolute atomic E-state index is 8.29. The summed E-state index contributed by atoms with van der Waals surface area (Å²) in [6.45, 7) is 8.00. The standard InChI is InChI=1S/C6H7NO.2C2H6/c8-7-6-4-2-1-3-5-6;2*1-2/h1-5,7-8H;2*1-2H3. The number of anilines is 1. The van der Waals surface area contributed by atoms with Crippen LogP contribution in [0.5, 0.6) is 0 Å². The Morgan fingerprint density at radius 3 is 1.58 bits per heavy atom. The van der Waals surface area contributed by atoms with Crippen LogP contribution >= 0.6 is 0 Å². The van der Waals surface area contributed by atoms with Crippen molar-refractivity contribution < 1.29 is 5.21 Å². The van der Waals surface area contributed by atoms with Gasteiger partial charge in [-0.1, -0.05) is 45.9 Å². The van der Waals surface area contributed by atoms with Gasteiger partial charge in [0.05, 0.1) is 5.69 Å². The largest absolute Gasteiger partial charge is 0.291 e. The average molecular weight is 169 g/mol. The molecule has 70 valence electrons. The number of para-hydroxylation sites is 1. The molecule has 12 heavy (non-hydrogen) atoms. The number of benzene rings is 1. The molecule has 0 saturated carbocycles. The maximum atomic E-state index is 8.29. The van der Waals surface area contributed by atoms with Crippen LogP contribution in [0.15, 0.2) is 30.3 Å². The molecule has 0 bridgehead atoms. The van der Waals surface area contributed by atoms with E-state index in [0.29, 0.717) is 5.69 Å². The summed E-state index contributed by atoms with van der Waals surface area (Å²) in [7, 11) is 0. The summed E-state index contributed by atoms with van der Waals surface area (Å²) in [5.74, 6) is 0. The van der Waals surface area contributed by atoms with Crippen molar-refractivity contribution in [2.24, 2.45) is 0 Å². The lowest BCUT2D eigenvalue weighted by molar-refractivity contribution is 0.389. The molecule has 0 spiro atoms. The van der Waals surface area contributed by atoms with E-state index in [9.17, 15) is 0 Å². The molecule has 0 atom stereocenters. The third kappa shape index (κ3) is 7.09. The van der Waals surface area contributed by atoms with Crippen LogP contribution in [0.25, 0.3) is 0 Å². The average Bonchev–Trinajstić information content (AvgIpc) is 2.25. The topological polar surface area (TPSA) is 32.3 Å². The summed E-state index contributed by atoms with van der Waals surface area (Å²) in [4.78, 5) is 0. The summed E-state index contributed by atoms with van der Waals surface area (Å²) in [6, 6.07) is 9.14. The lowest BCUT2D eigenvalue weighted by Crippen LogP contribution is -1.85. The van der Waals surface area contributed by atoms with Crippen molar-refractivity contribution >= 4 is 5.69 Å². The van der Waals surface area contributed by atoms with Crippen molar-refractivity contribution in [3.63, 3.8) is 0 Å². The second kappa shape index (κ2) is 12.6. The van der Waals surface area contributed by atoms with E-state index < -0.39 is 0 Å². The molecule has 2 heteroatoms. The molecule has 0 amide bonds. The zero-order valence-electron chi connectivity index (χ0n) is 8.33. The van der Waals surface area contributed by atoms with Gasteiger partial charge in [-0.05, 0) is 12.1 Å². The number of hydrogen-bond acceptors (Lipinski definition) is 2. The van der Waals surface area contributed by atoms with Crippen LogP contribution < -0.4 is 5.48 Å². The van der Waals surface area contributed by atoms with E-state index in [-0.39, 0.29) is 0 Å². The summed E-state index contributed by atoms with van der Waals surface area (Å²) in [5, 5.41) is 8.29. The molecular formula is C10H19NO. The first-order valence-corrected chi connectivity index (χ1v) is 4.38. The maximum Gasteiger partial charge on any atom is 0.0602 e. The fraction of sp³-hybridized carbons (Fsp3) is 0.400. The zero-order valence-corrected chi connectivity index (χ0v) is 8.33. The van der Waals surface area contributed by atoms with Crippen molar-refractivity contribution in [3.8, 4) is 0 Å². The van der Waals surface area contributed by atoms with E-state index in [0.717, 1.165) is 0 Å². The van der Waals surface area contributed by atoms with E-state index in [1.165, 1.54) is 0 Å². The molecule has 0 aromatic heterocycles. The highest BCUT2D eigenvalue weighted by molar-refractivity contribution is 5.39. The number of rotatable bonds is 1. The predicted molar refractivity (Wildman–Crippen MR) is 54.5 cm³/mol. The van der Waals surface area contributed by atoms with Gasteiger partial charge in [-0.25, -0.2) is 0 Å². The van der Waals surface area contributed by atoms with Crippen LogP contribution in [0.3, 0.4) is 0 Å². The van der Waals surface area contributed by atoms with Gasteiger partial charge in [0.15, 0.2) is 0 Å². The van der Waals surface area contributed by atoms with Crippen molar-refractivity contribution in [1.29, 1.82) is 0 Å². The number of nitrogens with one attached hydrogen (secondary N) is 1. The lowest BCUT2D eigenvalue weighted by atomic mass is 10.3. The van der Waals surface area contributed by atoms with Crippen LogP contribution in [0, 0.1) is 0 Å². The van der Waals surface area contributed by atoms with E-state index in [4.69, 9.17) is 5.21 Å². The highest BCUT2D eigenvalue weighted by atomic mass is 16.5. The minimum Gasteiger partial charge on any atom is -0.291 e. The van der Waals surface area contributed by atoms with E-state index in [1.807, 2.05) is 51.4 Å². The molecule has 0 aliphatic carbocycles. The van der Waals surface area contributed by atoms with Gasteiger partial charge in [0.25, 0.3) is 0 Å². The monoisotopic (exact) mass is 169 g/mol. The van der Waals surface area contributed by atoms with E-state index in [2.05, 4.69) is 0 Å². The van der Waals surface area contributed by atoms with Crippen molar-refractivity contribution in [2.45, 2.75) is 27.7 Å². The third-order valence-corrected chi connectivity index (χ3v) is 0.903. The Hall–Kier alpha value is -1.02. The molecule has 0 aliphatic heterocycles. The molecular weight excluding hydrogens is 150 g/mol. The van der Waals surface area contributed by atoms with Gasteiger partial charge in [0.2, 0.25) is 0 Å². The highest BCUT2D eigenvalue weighted by Gasteiger charge is 1.79. The Balaban J connectivity index is 0. The normalized spacial score (nSPS) is 6.75. The molecule has 2 nitrogen and oxygen atoms in total. The van der Waals surface area contributed by atoms with Crippen LogP contribution in [0.4, 0.5) is 5.69 Å². The molecule has 1 rings (SSSR count). The minimum absolute atomic E-state index is 0.715. The zero-order chi connectivity index (χ0) is 9.82. The molecule has 0 heterocycles. The number of hydrogen-bond donors (Lipinski definition) is 2. The second-order valence-electron chi connectivity index (χ2n) is 1.48. The smallest absolute Gasteiger partial charge is 0.0602 e. The van der Waals surface area contributed by atoms with Crippen LogP contribution in [0.2, 0.25) is 0 Å². The van der Waals surface area contributed by atoms with Crippen LogP contribution in [-0.2, 0) is 0 Å². The van der Waals surface area contributed by atoms with Gasteiger partial charge in [-0.3, -0.25) is 10.7 Å².